The normalized spacial score (nSPS) is 9.72. The second kappa shape index (κ2) is 9.05. The van der Waals surface area contributed by atoms with Gasteiger partial charge < -0.3 is 14.8 Å². The quantitative estimate of drug-likeness (QED) is 0.482. The second-order valence-corrected chi connectivity index (χ2v) is 4.41. The van der Waals surface area contributed by atoms with Gasteiger partial charge in [0.1, 0.15) is 0 Å². The van der Waals surface area contributed by atoms with Gasteiger partial charge in [-0.15, -0.1) is 23.2 Å². The van der Waals surface area contributed by atoms with Gasteiger partial charge in [0.05, 0.1) is 5.97 Å². The molecule has 1 aromatic rings. The zero-order chi connectivity index (χ0) is 12.8. The smallest absolute Gasteiger partial charge is 0.545 e. The molecule has 0 fully saturated rings. The summed E-state index contributed by atoms with van der Waals surface area (Å²) in [6.07, 6.45) is 0. The minimum atomic E-state index is -1.18. The van der Waals surface area contributed by atoms with E-state index in [0.717, 1.165) is 11.3 Å². The fraction of sp³-hybridized carbons (Fsp3) is 0.417. The molecule has 0 aliphatic carbocycles. The zero-order valence-electron chi connectivity index (χ0n) is 10.6. The number of alkyl halides is 2. The number of carboxylic acid groups (broad SMARTS) is 1. The minimum Gasteiger partial charge on any atom is -0.545 e. The Morgan fingerprint density at radius 2 is 1.83 bits per heavy atom. The molecule has 0 unspecified atom stereocenters. The molecule has 94 valence electrons. The van der Waals surface area contributed by atoms with Crippen LogP contribution in [0.1, 0.15) is 15.9 Å². The summed E-state index contributed by atoms with van der Waals surface area (Å²) in [6.45, 7) is 3.18. The number of rotatable bonds is 6. The van der Waals surface area contributed by atoms with E-state index >= 15 is 0 Å². The predicted molar refractivity (Wildman–Crippen MR) is 69.2 cm³/mol. The standard InChI is InChI=1S/C12H15Cl2NO2.Na/c1-9-2-3-10(12(16)17)8-11(9)15(6-4-13)7-5-14;/h2-3,8H,4-7H2,1H3,(H,16,17);/q;+1/p-1. The van der Waals surface area contributed by atoms with Crippen LogP contribution in [0.15, 0.2) is 18.2 Å². The summed E-state index contributed by atoms with van der Waals surface area (Å²) in [5.74, 6) is -0.249. The van der Waals surface area contributed by atoms with Crippen LogP contribution in [0.2, 0.25) is 0 Å². The molecule has 0 radical (unpaired) electrons. The summed E-state index contributed by atoms with van der Waals surface area (Å²) in [5.41, 5.74) is 2.00. The topological polar surface area (TPSA) is 43.4 Å². The Bertz CT molecular complexity index is 396. The fourth-order valence-corrected chi connectivity index (χ4v) is 2.04. The molecular formula is C12H14Cl2NNaO2. The molecule has 0 aromatic heterocycles. The number of carbonyl (C=O) groups is 1. The van der Waals surface area contributed by atoms with Crippen molar-refractivity contribution >= 4 is 34.9 Å². The van der Waals surface area contributed by atoms with Crippen LogP contribution in [0.3, 0.4) is 0 Å². The van der Waals surface area contributed by atoms with Crippen molar-refractivity contribution in [2.75, 3.05) is 29.7 Å². The first-order valence-corrected chi connectivity index (χ1v) is 6.36. The fourth-order valence-electron chi connectivity index (χ4n) is 1.63. The molecule has 0 spiro atoms. The molecule has 0 heterocycles. The Balaban J connectivity index is 0.00000289. The van der Waals surface area contributed by atoms with Crippen LogP contribution in [0.5, 0.6) is 0 Å². The molecule has 1 aromatic carbocycles. The number of benzene rings is 1. The average Bonchev–Trinajstić information content (AvgIpc) is 2.29. The summed E-state index contributed by atoms with van der Waals surface area (Å²) in [5, 5.41) is 10.8. The maximum absolute atomic E-state index is 10.8. The van der Waals surface area contributed by atoms with Gasteiger partial charge in [0.15, 0.2) is 0 Å². The Hall–Kier alpha value is 0.0700. The number of halogens is 2. The summed E-state index contributed by atoms with van der Waals surface area (Å²) < 4.78 is 0. The van der Waals surface area contributed by atoms with Crippen molar-refractivity contribution in [3.63, 3.8) is 0 Å². The SMILES string of the molecule is Cc1ccc(C(=O)[O-])cc1N(CCCl)CCCl.[Na+]. The third-order valence-corrected chi connectivity index (χ3v) is 2.83. The van der Waals surface area contributed by atoms with Crippen molar-refractivity contribution < 1.29 is 39.5 Å². The average molecular weight is 298 g/mol. The van der Waals surface area contributed by atoms with E-state index in [0.29, 0.717) is 24.8 Å². The van der Waals surface area contributed by atoms with Crippen LogP contribution in [-0.4, -0.2) is 30.8 Å². The Morgan fingerprint density at radius 1 is 1.28 bits per heavy atom. The number of carboxylic acids is 1. The largest absolute Gasteiger partial charge is 1.00 e. The maximum atomic E-state index is 10.8. The Kier molecular flexibility index (Phi) is 9.09. The number of hydrogen-bond acceptors (Lipinski definition) is 3. The number of aryl methyl sites for hydroxylation is 1. The molecule has 0 N–H and O–H groups in total. The number of aromatic carboxylic acids is 1. The van der Waals surface area contributed by atoms with Crippen molar-refractivity contribution in [2.24, 2.45) is 0 Å². The molecule has 0 atom stereocenters. The number of carbonyl (C=O) groups excluding carboxylic acids is 1. The summed E-state index contributed by atoms with van der Waals surface area (Å²) in [6, 6.07) is 4.90. The summed E-state index contributed by atoms with van der Waals surface area (Å²) in [4.78, 5) is 12.8. The third kappa shape index (κ3) is 4.98. The van der Waals surface area contributed by atoms with Crippen molar-refractivity contribution in [1.29, 1.82) is 0 Å². The van der Waals surface area contributed by atoms with E-state index in [-0.39, 0.29) is 35.1 Å². The van der Waals surface area contributed by atoms with Crippen LogP contribution in [0.4, 0.5) is 5.69 Å². The van der Waals surface area contributed by atoms with Gasteiger partial charge in [0, 0.05) is 30.5 Å². The molecule has 0 aliphatic heterocycles. The Morgan fingerprint density at radius 3 is 2.28 bits per heavy atom. The van der Waals surface area contributed by atoms with Gasteiger partial charge >= 0.3 is 29.6 Å². The Labute approximate surface area is 139 Å². The molecule has 0 aliphatic rings. The van der Waals surface area contributed by atoms with Crippen LogP contribution in [0.25, 0.3) is 0 Å². The van der Waals surface area contributed by atoms with Crippen LogP contribution in [0, 0.1) is 6.92 Å². The maximum Gasteiger partial charge on any atom is 1.00 e. The monoisotopic (exact) mass is 297 g/mol. The van der Waals surface area contributed by atoms with Crippen molar-refractivity contribution in [3.05, 3.63) is 29.3 Å². The van der Waals surface area contributed by atoms with E-state index in [1.807, 2.05) is 11.8 Å². The van der Waals surface area contributed by atoms with Gasteiger partial charge in [-0.3, -0.25) is 0 Å². The minimum absolute atomic E-state index is 0. The van der Waals surface area contributed by atoms with Gasteiger partial charge in [-0.2, -0.15) is 0 Å². The van der Waals surface area contributed by atoms with Crippen LogP contribution in [-0.2, 0) is 0 Å². The van der Waals surface area contributed by atoms with Gasteiger partial charge in [0.25, 0.3) is 0 Å². The van der Waals surface area contributed by atoms with Crippen LogP contribution >= 0.6 is 23.2 Å². The zero-order valence-corrected chi connectivity index (χ0v) is 14.1. The molecule has 0 bridgehead atoms. The molecule has 18 heavy (non-hydrogen) atoms. The first-order chi connectivity index (χ1) is 8.10. The number of nitrogens with zero attached hydrogens (tertiary/aromatic N) is 1. The summed E-state index contributed by atoms with van der Waals surface area (Å²) in [7, 11) is 0. The predicted octanol–water partition coefficient (Wildman–Crippen LogP) is -1.35. The molecule has 0 amide bonds. The molecule has 1 rings (SSSR count). The van der Waals surface area contributed by atoms with Gasteiger partial charge in [-0.25, -0.2) is 0 Å². The molecule has 3 nitrogen and oxygen atoms in total. The molecule has 0 saturated carbocycles. The molecule has 0 saturated heterocycles. The van der Waals surface area contributed by atoms with E-state index in [9.17, 15) is 9.90 Å². The number of hydrogen-bond donors (Lipinski definition) is 0. The molecule has 6 heteroatoms. The van der Waals surface area contributed by atoms with Crippen molar-refractivity contribution in [2.45, 2.75) is 6.92 Å². The van der Waals surface area contributed by atoms with Crippen molar-refractivity contribution in [3.8, 4) is 0 Å². The van der Waals surface area contributed by atoms with E-state index in [2.05, 4.69) is 0 Å². The first kappa shape index (κ1) is 18.1. The van der Waals surface area contributed by atoms with Crippen molar-refractivity contribution in [1.82, 2.24) is 0 Å². The van der Waals surface area contributed by atoms with E-state index < -0.39 is 5.97 Å². The van der Waals surface area contributed by atoms with Gasteiger partial charge in [-0.05, 0) is 24.1 Å². The van der Waals surface area contributed by atoms with Crippen LogP contribution < -0.4 is 39.6 Å². The third-order valence-electron chi connectivity index (χ3n) is 2.49. The number of anilines is 1. The molecular weight excluding hydrogens is 284 g/mol. The van der Waals surface area contributed by atoms with E-state index in [1.54, 1.807) is 12.1 Å². The summed E-state index contributed by atoms with van der Waals surface area (Å²) >= 11 is 11.4. The van der Waals surface area contributed by atoms with Gasteiger partial charge in [-0.1, -0.05) is 12.1 Å². The van der Waals surface area contributed by atoms with E-state index in [1.165, 1.54) is 6.07 Å². The first-order valence-electron chi connectivity index (χ1n) is 5.29. The second-order valence-electron chi connectivity index (χ2n) is 3.65. The van der Waals surface area contributed by atoms with Gasteiger partial charge in [0.2, 0.25) is 0 Å². The van der Waals surface area contributed by atoms with E-state index in [4.69, 9.17) is 23.2 Å².